The van der Waals surface area contributed by atoms with E-state index < -0.39 is 10.0 Å². The maximum Gasteiger partial charge on any atom is 0.276 e. The van der Waals surface area contributed by atoms with E-state index in [1.165, 1.54) is 27.3 Å². The fraction of sp³-hybridized carbons (Fsp3) is 0.300. The lowest BCUT2D eigenvalue weighted by Crippen LogP contribution is -2.30. The van der Waals surface area contributed by atoms with Crippen LogP contribution in [0.1, 0.15) is 30.7 Å². The minimum atomic E-state index is -3.60. The molecule has 29 heavy (non-hydrogen) atoms. The standard InChI is InChI=1S/C20H23ClN4O3S/c1-4-24(5-2)29(27,28)16-10-11-19(22-13-16)25-20(26)17(14(3)23-25)12-15-8-6-7-9-18(15)21/h6-11,13,23H,4-5,12H2,1-3H3. The first-order chi connectivity index (χ1) is 13.8. The maximum atomic E-state index is 12.9. The van der Waals surface area contributed by atoms with Gasteiger partial charge in [-0.25, -0.2) is 18.1 Å². The lowest BCUT2D eigenvalue weighted by Gasteiger charge is -2.18. The molecular formula is C20H23ClN4O3S. The zero-order valence-corrected chi connectivity index (χ0v) is 18.1. The van der Waals surface area contributed by atoms with Crippen LogP contribution in [0.15, 0.2) is 52.3 Å². The van der Waals surface area contributed by atoms with Crippen molar-refractivity contribution in [1.82, 2.24) is 19.1 Å². The Labute approximate surface area is 175 Å². The lowest BCUT2D eigenvalue weighted by atomic mass is 10.1. The molecule has 0 fully saturated rings. The number of pyridine rings is 1. The van der Waals surface area contributed by atoms with E-state index in [4.69, 9.17) is 11.6 Å². The maximum absolute atomic E-state index is 12.9. The molecule has 0 saturated heterocycles. The van der Waals surface area contributed by atoms with Gasteiger partial charge in [0.25, 0.3) is 5.56 Å². The molecule has 2 heterocycles. The van der Waals surface area contributed by atoms with E-state index in [0.29, 0.717) is 41.6 Å². The molecule has 3 aromatic rings. The summed E-state index contributed by atoms with van der Waals surface area (Å²) in [6.45, 7) is 6.13. The topological polar surface area (TPSA) is 88.1 Å². The molecule has 0 aliphatic rings. The largest absolute Gasteiger partial charge is 0.294 e. The highest BCUT2D eigenvalue weighted by Gasteiger charge is 2.22. The average Bonchev–Trinajstić information content (AvgIpc) is 2.98. The molecule has 0 amide bonds. The van der Waals surface area contributed by atoms with E-state index in [-0.39, 0.29) is 10.5 Å². The average molecular weight is 435 g/mol. The van der Waals surface area contributed by atoms with Crippen LogP contribution in [0.2, 0.25) is 5.02 Å². The highest BCUT2D eigenvalue weighted by atomic mass is 35.5. The summed E-state index contributed by atoms with van der Waals surface area (Å²) in [6.07, 6.45) is 1.67. The fourth-order valence-corrected chi connectivity index (χ4v) is 4.76. The van der Waals surface area contributed by atoms with Crippen molar-refractivity contribution < 1.29 is 8.42 Å². The van der Waals surface area contributed by atoms with Crippen LogP contribution in [-0.4, -0.2) is 40.6 Å². The summed E-state index contributed by atoms with van der Waals surface area (Å²) in [6, 6.07) is 10.4. The Morgan fingerprint density at radius 3 is 2.41 bits per heavy atom. The quantitative estimate of drug-likeness (QED) is 0.618. The summed E-state index contributed by atoms with van der Waals surface area (Å²) in [5, 5.41) is 3.61. The van der Waals surface area contributed by atoms with E-state index in [1.54, 1.807) is 19.9 Å². The number of sulfonamides is 1. The number of hydrogen-bond donors (Lipinski definition) is 1. The van der Waals surface area contributed by atoms with Crippen LogP contribution >= 0.6 is 11.6 Å². The first-order valence-electron chi connectivity index (χ1n) is 9.30. The van der Waals surface area contributed by atoms with Crippen molar-refractivity contribution in [3.63, 3.8) is 0 Å². The van der Waals surface area contributed by atoms with Gasteiger partial charge in [0.2, 0.25) is 10.0 Å². The highest BCUT2D eigenvalue weighted by Crippen LogP contribution is 2.20. The normalized spacial score (nSPS) is 11.9. The van der Waals surface area contributed by atoms with Gasteiger partial charge in [-0.05, 0) is 30.7 Å². The van der Waals surface area contributed by atoms with Crippen LogP contribution in [0, 0.1) is 6.92 Å². The molecule has 7 nitrogen and oxygen atoms in total. The van der Waals surface area contributed by atoms with Crippen LogP contribution in [0.3, 0.4) is 0 Å². The van der Waals surface area contributed by atoms with Gasteiger partial charge in [0.15, 0.2) is 5.82 Å². The Bertz CT molecular complexity index is 1160. The van der Waals surface area contributed by atoms with Gasteiger partial charge in [-0.2, -0.15) is 4.31 Å². The Morgan fingerprint density at radius 2 is 1.83 bits per heavy atom. The summed E-state index contributed by atoms with van der Waals surface area (Å²) in [5.74, 6) is 0.321. The van der Waals surface area contributed by atoms with E-state index in [9.17, 15) is 13.2 Å². The summed E-state index contributed by atoms with van der Waals surface area (Å²) in [7, 11) is -3.60. The molecule has 0 aliphatic carbocycles. The number of aromatic amines is 1. The summed E-state index contributed by atoms with van der Waals surface area (Å²) in [5.41, 5.74) is 1.90. The second kappa shape index (κ2) is 8.52. The summed E-state index contributed by atoms with van der Waals surface area (Å²) >= 11 is 6.22. The number of H-pyrrole nitrogens is 1. The van der Waals surface area contributed by atoms with E-state index in [1.807, 2.05) is 25.1 Å². The second-order valence-electron chi connectivity index (χ2n) is 6.57. The van der Waals surface area contributed by atoms with Crippen molar-refractivity contribution in [2.45, 2.75) is 32.1 Å². The van der Waals surface area contributed by atoms with Crippen LogP contribution in [-0.2, 0) is 16.4 Å². The van der Waals surface area contributed by atoms with Crippen molar-refractivity contribution in [2.75, 3.05) is 13.1 Å². The van der Waals surface area contributed by atoms with E-state index in [2.05, 4.69) is 10.1 Å². The molecular weight excluding hydrogens is 412 g/mol. The number of aromatic nitrogens is 3. The Morgan fingerprint density at radius 1 is 1.14 bits per heavy atom. The predicted octanol–water partition coefficient (Wildman–Crippen LogP) is 3.14. The molecule has 0 spiro atoms. The van der Waals surface area contributed by atoms with E-state index >= 15 is 0 Å². The Hall–Kier alpha value is -2.42. The Kier molecular flexibility index (Phi) is 6.26. The van der Waals surface area contributed by atoms with Crippen LogP contribution in [0.4, 0.5) is 0 Å². The van der Waals surface area contributed by atoms with Gasteiger partial charge in [0, 0.05) is 42.0 Å². The first kappa shape index (κ1) is 21.3. The van der Waals surface area contributed by atoms with Crippen LogP contribution in [0.5, 0.6) is 0 Å². The van der Waals surface area contributed by atoms with Crippen molar-refractivity contribution in [2.24, 2.45) is 0 Å². The number of aryl methyl sites for hydroxylation is 1. The van der Waals surface area contributed by atoms with Gasteiger partial charge in [-0.15, -0.1) is 0 Å². The third-order valence-corrected chi connectivity index (χ3v) is 7.21. The molecule has 2 aromatic heterocycles. The summed E-state index contributed by atoms with van der Waals surface area (Å²) < 4.78 is 27.9. The molecule has 0 unspecified atom stereocenters. The number of rotatable bonds is 7. The third-order valence-electron chi connectivity index (χ3n) is 4.81. The highest BCUT2D eigenvalue weighted by molar-refractivity contribution is 7.89. The number of nitrogens with one attached hydrogen (secondary N) is 1. The number of nitrogens with zero attached hydrogens (tertiary/aromatic N) is 3. The van der Waals surface area contributed by atoms with Crippen molar-refractivity contribution in [3.8, 4) is 5.82 Å². The molecule has 1 N–H and O–H groups in total. The zero-order valence-electron chi connectivity index (χ0n) is 16.5. The monoisotopic (exact) mass is 434 g/mol. The van der Waals surface area contributed by atoms with Crippen molar-refractivity contribution in [3.05, 3.63) is 74.8 Å². The van der Waals surface area contributed by atoms with Crippen LogP contribution in [0.25, 0.3) is 5.82 Å². The molecule has 0 radical (unpaired) electrons. The van der Waals surface area contributed by atoms with Gasteiger partial charge in [-0.1, -0.05) is 43.6 Å². The zero-order chi connectivity index (χ0) is 21.2. The van der Waals surface area contributed by atoms with Gasteiger partial charge >= 0.3 is 0 Å². The van der Waals surface area contributed by atoms with Gasteiger partial charge in [-0.3, -0.25) is 9.89 Å². The number of hydrogen-bond acceptors (Lipinski definition) is 4. The Balaban J connectivity index is 1.95. The SMILES string of the molecule is CCN(CC)S(=O)(=O)c1ccc(-n2[nH]c(C)c(Cc3ccccc3Cl)c2=O)nc1. The van der Waals surface area contributed by atoms with Gasteiger partial charge in [0.1, 0.15) is 4.90 Å². The summed E-state index contributed by atoms with van der Waals surface area (Å²) in [4.78, 5) is 17.2. The number of benzene rings is 1. The lowest BCUT2D eigenvalue weighted by molar-refractivity contribution is 0.445. The predicted molar refractivity (Wildman–Crippen MR) is 113 cm³/mol. The molecule has 154 valence electrons. The number of halogens is 1. The molecule has 0 saturated carbocycles. The molecule has 0 bridgehead atoms. The third kappa shape index (κ3) is 4.14. The second-order valence-corrected chi connectivity index (χ2v) is 8.91. The molecule has 1 aromatic carbocycles. The van der Waals surface area contributed by atoms with Crippen LogP contribution < -0.4 is 5.56 Å². The molecule has 0 atom stereocenters. The van der Waals surface area contributed by atoms with Gasteiger partial charge in [0.05, 0.1) is 0 Å². The molecule has 3 rings (SSSR count). The van der Waals surface area contributed by atoms with Gasteiger partial charge < -0.3 is 0 Å². The fourth-order valence-electron chi connectivity index (χ4n) is 3.15. The minimum Gasteiger partial charge on any atom is -0.294 e. The minimum absolute atomic E-state index is 0.0950. The first-order valence-corrected chi connectivity index (χ1v) is 11.1. The van der Waals surface area contributed by atoms with Crippen molar-refractivity contribution in [1.29, 1.82) is 0 Å². The smallest absolute Gasteiger partial charge is 0.276 e. The van der Waals surface area contributed by atoms with Crippen molar-refractivity contribution >= 4 is 21.6 Å². The molecule has 0 aliphatic heterocycles. The molecule has 9 heteroatoms. The van der Waals surface area contributed by atoms with E-state index in [0.717, 1.165) is 5.56 Å².